The number of ether oxygens (including phenoxy) is 1. The molecule has 0 aliphatic carbocycles. The van der Waals surface area contributed by atoms with Gasteiger partial charge in [0.15, 0.2) is 6.10 Å². The van der Waals surface area contributed by atoms with E-state index >= 15 is 0 Å². The summed E-state index contributed by atoms with van der Waals surface area (Å²) in [5, 5.41) is 8.58. The quantitative estimate of drug-likeness (QED) is 0.920. The van der Waals surface area contributed by atoms with Gasteiger partial charge in [-0.15, -0.1) is 0 Å². The van der Waals surface area contributed by atoms with Crippen molar-refractivity contribution in [1.29, 1.82) is 0 Å². The van der Waals surface area contributed by atoms with E-state index in [-0.39, 0.29) is 12.4 Å². The van der Waals surface area contributed by atoms with Gasteiger partial charge in [0.25, 0.3) is 0 Å². The molecule has 0 amide bonds. The molecule has 0 saturated carbocycles. The van der Waals surface area contributed by atoms with Crippen molar-refractivity contribution < 1.29 is 19.0 Å². The molecule has 0 aliphatic heterocycles. The van der Waals surface area contributed by atoms with E-state index in [2.05, 4.69) is 15.9 Å². The summed E-state index contributed by atoms with van der Waals surface area (Å²) in [5.41, 5.74) is 0.713. The minimum atomic E-state index is -1.02. The summed E-state index contributed by atoms with van der Waals surface area (Å²) in [7, 11) is 0. The Labute approximate surface area is 95.0 Å². The molecule has 0 aromatic heterocycles. The molecule has 1 aromatic rings. The maximum absolute atomic E-state index is 12.7. The van der Waals surface area contributed by atoms with Crippen LogP contribution < -0.4 is 0 Å². The van der Waals surface area contributed by atoms with E-state index in [0.717, 1.165) is 0 Å². The highest BCUT2D eigenvalue weighted by molar-refractivity contribution is 9.10. The lowest BCUT2D eigenvalue weighted by atomic mass is 10.2. The van der Waals surface area contributed by atoms with Crippen molar-refractivity contribution in [2.45, 2.75) is 19.6 Å². The zero-order valence-corrected chi connectivity index (χ0v) is 9.62. The van der Waals surface area contributed by atoms with E-state index in [4.69, 9.17) is 9.84 Å². The van der Waals surface area contributed by atoms with Crippen LogP contribution in [0.1, 0.15) is 12.5 Å². The van der Waals surface area contributed by atoms with Gasteiger partial charge in [-0.05, 0) is 24.6 Å². The number of halogens is 2. The van der Waals surface area contributed by atoms with Crippen molar-refractivity contribution in [2.75, 3.05) is 0 Å². The fraction of sp³-hybridized carbons (Fsp3) is 0.300. The summed E-state index contributed by atoms with van der Waals surface area (Å²) in [4.78, 5) is 10.5. The molecule has 0 heterocycles. The minimum absolute atomic E-state index is 0.133. The SMILES string of the molecule is CC(OCc1ccc(F)cc1Br)C(=O)O. The number of aliphatic carboxylic acids is 1. The third-order valence-corrected chi connectivity index (χ3v) is 2.59. The van der Waals surface area contributed by atoms with Crippen molar-refractivity contribution >= 4 is 21.9 Å². The lowest BCUT2D eigenvalue weighted by Gasteiger charge is -2.09. The first kappa shape index (κ1) is 12.1. The zero-order chi connectivity index (χ0) is 11.4. The third-order valence-electron chi connectivity index (χ3n) is 1.85. The van der Waals surface area contributed by atoms with E-state index in [1.54, 1.807) is 6.07 Å². The zero-order valence-electron chi connectivity index (χ0n) is 8.04. The molecule has 5 heteroatoms. The molecule has 82 valence electrons. The Morgan fingerprint density at radius 2 is 2.33 bits per heavy atom. The summed E-state index contributed by atoms with van der Waals surface area (Å²) in [6.07, 6.45) is -0.873. The van der Waals surface area contributed by atoms with E-state index in [0.29, 0.717) is 10.0 Å². The summed E-state index contributed by atoms with van der Waals surface area (Å²) in [5.74, 6) is -1.37. The van der Waals surface area contributed by atoms with Gasteiger partial charge < -0.3 is 9.84 Å². The second-order valence-corrected chi connectivity index (χ2v) is 3.88. The lowest BCUT2D eigenvalue weighted by molar-refractivity contribution is -0.149. The van der Waals surface area contributed by atoms with Crippen LogP contribution in [0.3, 0.4) is 0 Å². The van der Waals surface area contributed by atoms with Gasteiger partial charge in [-0.25, -0.2) is 9.18 Å². The summed E-state index contributed by atoms with van der Waals surface area (Å²) in [6, 6.07) is 4.16. The second kappa shape index (κ2) is 5.23. The molecular formula is C10H10BrFO3. The Kier molecular flexibility index (Phi) is 4.23. The highest BCUT2D eigenvalue weighted by atomic mass is 79.9. The molecule has 0 saturated heterocycles. The average Bonchev–Trinajstić information content (AvgIpc) is 2.15. The smallest absolute Gasteiger partial charge is 0.332 e. The molecule has 0 aliphatic rings. The Hall–Kier alpha value is -0.940. The normalized spacial score (nSPS) is 12.5. The molecule has 1 aromatic carbocycles. The second-order valence-electron chi connectivity index (χ2n) is 3.03. The van der Waals surface area contributed by atoms with E-state index in [9.17, 15) is 9.18 Å². The summed E-state index contributed by atoms with van der Waals surface area (Å²) in [6.45, 7) is 1.58. The summed E-state index contributed by atoms with van der Waals surface area (Å²) < 4.78 is 18.3. The van der Waals surface area contributed by atoms with E-state index < -0.39 is 12.1 Å². The standard InChI is InChI=1S/C10H10BrFO3/c1-6(10(13)14)15-5-7-2-3-8(12)4-9(7)11/h2-4,6H,5H2,1H3,(H,13,14). The van der Waals surface area contributed by atoms with Gasteiger partial charge in [0.1, 0.15) is 5.82 Å². The van der Waals surface area contributed by atoms with Crippen LogP contribution >= 0.6 is 15.9 Å². The lowest BCUT2D eigenvalue weighted by Crippen LogP contribution is -2.19. The molecule has 1 unspecified atom stereocenters. The van der Waals surface area contributed by atoms with Gasteiger partial charge in [0, 0.05) is 4.47 Å². The average molecular weight is 277 g/mol. The first-order valence-electron chi connectivity index (χ1n) is 4.29. The van der Waals surface area contributed by atoms with E-state index in [1.807, 2.05) is 0 Å². The van der Waals surface area contributed by atoms with Gasteiger partial charge in [-0.1, -0.05) is 22.0 Å². The van der Waals surface area contributed by atoms with Crippen LogP contribution in [-0.4, -0.2) is 17.2 Å². The van der Waals surface area contributed by atoms with Crippen LogP contribution in [0.15, 0.2) is 22.7 Å². The Morgan fingerprint density at radius 3 is 2.87 bits per heavy atom. The van der Waals surface area contributed by atoms with Gasteiger partial charge in [-0.2, -0.15) is 0 Å². The highest BCUT2D eigenvalue weighted by Crippen LogP contribution is 2.19. The molecule has 0 spiro atoms. The fourth-order valence-electron chi connectivity index (χ4n) is 0.925. The van der Waals surface area contributed by atoms with Crippen LogP contribution in [0.2, 0.25) is 0 Å². The Morgan fingerprint density at radius 1 is 1.67 bits per heavy atom. The van der Waals surface area contributed by atoms with Gasteiger partial charge in [0.2, 0.25) is 0 Å². The molecular weight excluding hydrogens is 267 g/mol. The first-order chi connectivity index (χ1) is 7.00. The molecule has 15 heavy (non-hydrogen) atoms. The number of hydrogen-bond acceptors (Lipinski definition) is 2. The topological polar surface area (TPSA) is 46.5 Å². The predicted octanol–water partition coefficient (Wildman–Crippen LogP) is 2.58. The molecule has 3 nitrogen and oxygen atoms in total. The molecule has 0 bridgehead atoms. The molecule has 1 rings (SSSR count). The number of benzene rings is 1. The number of carboxylic acid groups (broad SMARTS) is 1. The monoisotopic (exact) mass is 276 g/mol. The van der Waals surface area contributed by atoms with Crippen LogP contribution in [0.4, 0.5) is 4.39 Å². The first-order valence-corrected chi connectivity index (χ1v) is 5.08. The number of hydrogen-bond donors (Lipinski definition) is 1. The van der Waals surface area contributed by atoms with Crippen molar-refractivity contribution in [3.63, 3.8) is 0 Å². The van der Waals surface area contributed by atoms with Gasteiger partial charge in [-0.3, -0.25) is 0 Å². The van der Waals surface area contributed by atoms with Gasteiger partial charge in [0.05, 0.1) is 6.61 Å². The highest BCUT2D eigenvalue weighted by Gasteiger charge is 2.11. The maximum Gasteiger partial charge on any atom is 0.332 e. The van der Waals surface area contributed by atoms with Crippen molar-refractivity contribution in [3.05, 3.63) is 34.1 Å². The molecule has 1 N–H and O–H groups in total. The summed E-state index contributed by atoms with van der Waals surface area (Å²) >= 11 is 3.17. The third kappa shape index (κ3) is 3.60. The number of carbonyl (C=O) groups is 1. The van der Waals surface area contributed by atoms with E-state index in [1.165, 1.54) is 19.1 Å². The maximum atomic E-state index is 12.7. The number of rotatable bonds is 4. The minimum Gasteiger partial charge on any atom is -0.479 e. The van der Waals surface area contributed by atoms with Gasteiger partial charge >= 0.3 is 5.97 Å². The van der Waals surface area contributed by atoms with Crippen LogP contribution in [0.25, 0.3) is 0 Å². The van der Waals surface area contributed by atoms with Crippen molar-refractivity contribution in [2.24, 2.45) is 0 Å². The fourth-order valence-corrected chi connectivity index (χ4v) is 1.39. The predicted molar refractivity (Wildman–Crippen MR) is 56.0 cm³/mol. The van der Waals surface area contributed by atoms with Crippen LogP contribution in [0.5, 0.6) is 0 Å². The molecule has 0 fully saturated rings. The molecule has 0 radical (unpaired) electrons. The molecule has 1 atom stereocenters. The van der Waals surface area contributed by atoms with Crippen molar-refractivity contribution in [3.8, 4) is 0 Å². The Balaban J connectivity index is 2.62. The van der Waals surface area contributed by atoms with Crippen LogP contribution in [0, 0.1) is 5.82 Å². The van der Waals surface area contributed by atoms with Crippen molar-refractivity contribution in [1.82, 2.24) is 0 Å². The largest absolute Gasteiger partial charge is 0.479 e. The number of carboxylic acids is 1. The van der Waals surface area contributed by atoms with Crippen LogP contribution in [-0.2, 0) is 16.1 Å². The Bertz CT molecular complexity index is 368.